The van der Waals surface area contributed by atoms with Gasteiger partial charge in [0.25, 0.3) is 0 Å². The van der Waals surface area contributed by atoms with Crippen molar-refractivity contribution in [1.82, 2.24) is 0 Å². The van der Waals surface area contributed by atoms with Crippen LogP contribution < -0.4 is 10.5 Å². The van der Waals surface area contributed by atoms with Crippen LogP contribution in [0.1, 0.15) is 5.56 Å². The van der Waals surface area contributed by atoms with Crippen molar-refractivity contribution in [3.05, 3.63) is 29.8 Å². The van der Waals surface area contributed by atoms with Gasteiger partial charge < -0.3 is 19.9 Å². The minimum absolute atomic E-state index is 0.556. The number of hydrogen-bond donors (Lipinski definition) is 1. The average molecular weight is 239 g/mol. The van der Waals surface area contributed by atoms with Gasteiger partial charge in [0.1, 0.15) is 12.4 Å². The lowest BCUT2D eigenvalue weighted by molar-refractivity contribution is 0.0544. The molecular formula is C13H21NO3. The molecule has 0 saturated carbocycles. The quantitative estimate of drug-likeness (QED) is 0.659. The molecule has 96 valence electrons. The summed E-state index contributed by atoms with van der Waals surface area (Å²) < 4.78 is 15.7. The Labute approximate surface area is 103 Å². The van der Waals surface area contributed by atoms with E-state index in [4.69, 9.17) is 19.9 Å². The Balaban J connectivity index is 2.14. The highest BCUT2D eigenvalue weighted by Crippen LogP contribution is 2.12. The highest BCUT2D eigenvalue weighted by atomic mass is 16.5. The molecule has 0 aliphatic carbocycles. The molecule has 0 bridgehead atoms. The van der Waals surface area contributed by atoms with E-state index in [-0.39, 0.29) is 0 Å². The summed E-state index contributed by atoms with van der Waals surface area (Å²) in [5.41, 5.74) is 6.71. The van der Waals surface area contributed by atoms with E-state index in [0.717, 1.165) is 12.2 Å². The highest BCUT2D eigenvalue weighted by molar-refractivity contribution is 5.27. The second-order valence-electron chi connectivity index (χ2n) is 3.64. The van der Waals surface area contributed by atoms with Crippen LogP contribution in [-0.2, 0) is 15.9 Å². The van der Waals surface area contributed by atoms with E-state index in [0.29, 0.717) is 33.0 Å². The van der Waals surface area contributed by atoms with Gasteiger partial charge in [0.15, 0.2) is 0 Å². The zero-order chi connectivity index (χ0) is 12.3. The summed E-state index contributed by atoms with van der Waals surface area (Å²) in [7, 11) is 1.66. The number of methoxy groups -OCH3 is 1. The third kappa shape index (κ3) is 6.26. The lowest BCUT2D eigenvalue weighted by atomic mass is 10.1. The zero-order valence-corrected chi connectivity index (χ0v) is 10.4. The summed E-state index contributed by atoms with van der Waals surface area (Å²) >= 11 is 0. The van der Waals surface area contributed by atoms with Crippen LogP contribution in [0.3, 0.4) is 0 Å². The van der Waals surface area contributed by atoms with Gasteiger partial charge in [0.2, 0.25) is 0 Å². The van der Waals surface area contributed by atoms with E-state index in [2.05, 4.69) is 0 Å². The molecular weight excluding hydrogens is 218 g/mol. The predicted molar refractivity (Wildman–Crippen MR) is 67.4 cm³/mol. The molecule has 0 radical (unpaired) electrons. The second-order valence-corrected chi connectivity index (χ2v) is 3.64. The van der Waals surface area contributed by atoms with Crippen molar-refractivity contribution in [2.24, 2.45) is 5.73 Å². The predicted octanol–water partition coefficient (Wildman–Crippen LogP) is 1.23. The van der Waals surface area contributed by atoms with Gasteiger partial charge in [0.05, 0.1) is 19.8 Å². The summed E-state index contributed by atoms with van der Waals surface area (Å²) in [6.45, 7) is 3.03. The Kier molecular flexibility index (Phi) is 7.38. The maximum absolute atomic E-state index is 5.52. The smallest absolute Gasteiger partial charge is 0.119 e. The third-order valence-corrected chi connectivity index (χ3v) is 2.28. The first-order valence-corrected chi connectivity index (χ1v) is 5.85. The Bertz CT molecular complexity index is 287. The molecule has 0 unspecified atom stereocenters. The largest absolute Gasteiger partial charge is 0.491 e. The topological polar surface area (TPSA) is 53.7 Å². The normalized spacial score (nSPS) is 10.5. The van der Waals surface area contributed by atoms with Crippen molar-refractivity contribution >= 4 is 0 Å². The maximum Gasteiger partial charge on any atom is 0.119 e. The van der Waals surface area contributed by atoms with Gasteiger partial charge in [-0.15, -0.1) is 0 Å². The van der Waals surface area contributed by atoms with Crippen molar-refractivity contribution in [3.63, 3.8) is 0 Å². The Morgan fingerprint density at radius 3 is 2.35 bits per heavy atom. The Morgan fingerprint density at radius 2 is 1.71 bits per heavy atom. The average Bonchev–Trinajstić information content (AvgIpc) is 2.36. The summed E-state index contributed by atoms with van der Waals surface area (Å²) in [6.07, 6.45) is 0.903. The first-order valence-electron chi connectivity index (χ1n) is 5.85. The summed E-state index contributed by atoms with van der Waals surface area (Å²) in [6, 6.07) is 7.99. The van der Waals surface area contributed by atoms with Crippen molar-refractivity contribution < 1.29 is 14.2 Å². The highest BCUT2D eigenvalue weighted by Gasteiger charge is 1.95. The number of nitrogens with two attached hydrogens (primary N) is 1. The first kappa shape index (κ1) is 14.0. The minimum Gasteiger partial charge on any atom is -0.491 e. The molecule has 1 aromatic rings. The number of rotatable bonds is 9. The SMILES string of the molecule is COCCOCCOc1ccc(CCN)cc1. The van der Waals surface area contributed by atoms with E-state index < -0.39 is 0 Å². The van der Waals surface area contributed by atoms with Crippen LogP contribution in [0.25, 0.3) is 0 Å². The summed E-state index contributed by atoms with van der Waals surface area (Å²) in [4.78, 5) is 0. The van der Waals surface area contributed by atoms with Crippen molar-refractivity contribution in [2.45, 2.75) is 6.42 Å². The first-order chi connectivity index (χ1) is 8.36. The molecule has 0 aromatic heterocycles. The Morgan fingerprint density at radius 1 is 1.00 bits per heavy atom. The van der Waals surface area contributed by atoms with E-state index >= 15 is 0 Å². The van der Waals surface area contributed by atoms with Crippen LogP contribution in [-0.4, -0.2) is 40.1 Å². The van der Waals surface area contributed by atoms with Gasteiger partial charge in [-0.2, -0.15) is 0 Å². The molecule has 0 heterocycles. The lowest BCUT2D eigenvalue weighted by Crippen LogP contribution is -2.10. The van der Waals surface area contributed by atoms with Crippen molar-refractivity contribution in [1.29, 1.82) is 0 Å². The van der Waals surface area contributed by atoms with Gasteiger partial charge >= 0.3 is 0 Å². The fraction of sp³-hybridized carbons (Fsp3) is 0.538. The Hall–Kier alpha value is -1.10. The molecule has 1 aromatic carbocycles. The van der Waals surface area contributed by atoms with Gasteiger partial charge in [-0.1, -0.05) is 12.1 Å². The van der Waals surface area contributed by atoms with E-state index in [1.54, 1.807) is 7.11 Å². The number of hydrogen-bond acceptors (Lipinski definition) is 4. The minimum atomic E-state index is 0.556. The fourth-order valence-corrected chi connectivity index (χ4v) is 1.38. The number of ether oxygens (including phenoxy) is 3. The molecule has 4 heteroatoms. The van der Waals surface area contributed by atoms with Gasteiger partial charge in [-0.3, -0.25) is 0 Å². The molecule has 0 saturated heterocycles. The van der Waals surface area contributed by atoms with Crippen LogP contribution >= 0.6 is 0 Å². The molecule has 0 aliphatic rings. The molecule has 0 aliphatic heterocycles. The molecule has 0 amide bonds. The van der Waals surface area contributed by atoms with Crippen LogP contribution in [0.15, 0.2) is 24.3 Å². The fourth-order valence-electron chi connectivity index (χ4n) is 1.38. The van der Waals surface area contributed by atoms with Gasteiger partial charge in [0, 0.05) is 7.11 Å². The number of benzene rings is 1. The second kappa shape index (κ2) is 8.98. The standard InChI is InChI=1S/C13H21NO3/c1-15-8-9-16-10-11-17-13-4-2-12(3-5-13)6-7-14/h2-5H,6-11,14H2,1H3. The summed E-state index contributed by atoms with van der Waals surface area (Å²) in [5, 5.41) is 0. The van der Waals surface area contributed by atoms with E-state index in [1.807, 2.05) is 24.3 Å². The zero-order valence-electron chi connectivity index (χ0n) is 10.4. The van der Waals surface area contributed by atoms with Crippen LogP contribution in [0.2, 0.25) is 0 Å². The van der Waals surface area contributed by atoms with E-state index in [1.165, 1.54) is 5.56 Å². The molecule has 0 atom stereocenters. The van der Waals surface area contributed by atoms with E-state index in [9.17, 15) is 0 Å². The van der Waals surface area contributed by atoms with Crippen LogP contribution in [0.5, 0.6) is 5.75 Å². The molecule has 17 heavy (non-hydrogen) atoms. The van der Waals surface area contributed by atoms with Crippen molar-refractivity contribution in [2.75, 3.05) is 40.1 Å². The van der Waals surface area contributed by atoms with Gasteiger partial charge in [-0.05, 0) is 30.7 Å². The molecule has 1 rings (SSSR count). The lowest BCUT2D eigenvalue weighted by Gasteiger charge is -2.07. The molecule has 0 spiro atoms. The van der Waals surface area contributed by atoms with Crippen LogP contribution in [0.4, 0.5) is 0 Å². The van der Waals surface area contributed by atoms with Gasteiger partial charge in [-0.25, -0.2) is 0 Å². The van der Waals surface area contributed by atoms with Crippen LogP contribution in [0, 0.1) is 0 Å². The monoisotopic (exact) mass is 239 g/mol. The third-order valence-electron chi connectivity index (χ3n) is 2.28. The molecule has 2 N–H and O–H groups in total. The maximum atomic E-state index is 5.52. The molecule has 4 nitrogen and oxygen atoms in total. The molecule has 0 fully saturated rings. The van der Waals surface area contributed by atoms with Crippen molar-refractivity contribution in [3.8, 4) is 5.75 Å². The summed E-state index contributed by atoms with van der Waals surface area (Å²) in [5.74, 6) is 0.862.